The molecule has 1 aliphatic rings. The highest BCUT2D eigenvalue weighted by Crippen LogP contribution is 2.15. The molecule has 1 atom stereocenters. The molecule has 1 aliphatic carbocycles. The van der Waals surface area contributed by atoms with Crippen molar-refractivity contribution in [2.24, 2.45) is 0 Å². The fourth-order valence-corrected chi connectivity index (χ4v) is 2.60. The second-order valence-corrected chi connectivity index (χ2v) is 6.18. The van der Waals surface area contributed by atoms with Crippen molar-refractivity contribution in [2.45, 2.75) is 13.0 Å². The Hall–Kier alpha value is -0.343. The van der Waals surface area contributed by atoms with E-state index in [9.17, 15) is 4.79 Å². The summed E-state index contributed by atoms with van der Waals surface area (Å²) in [5.74, 6) is 0.119. The third-order valence-corrected chi connectivity index (χ3v) is 5.00. The number of hydrogen-bond donors (Lipinski definition) is 0. The molecule has 0 saturated carbocycles. The van der Waals surface area contributed by atoms with E-state index in [1.54, 1.807) is 12.2 Å². The van der Waals surface area contributed by atoms with Gasteiger partial charge in [0, 0.05) is 5.20 Å². The minimum absolute atomic E-state index is 0.119. The van der Waals surface area contributed by atoms with Crippen molar-refractivity contribution in [3.05, 3.63) is 23.4 Å². The van der Waals surface area contributed by atoms with Crippen LogP contribution in [-0.2, 0) is 4.79 Å². The molecule has 3 heteroatoms. The molecule has 1 nitrogen and oxygen atoms in total. The molecule has 0 aromatic heterocycles. The molecule has 0 saturated heterocycles. The van der Waals surface area contributed by atoms with Crippen molar-refractivity contribution in [1.82, 2.24) is 0 Å². The smallest absolute Gasteiger partial charge is 0.178 e. The molecule has 0 aromatic carbocycles. The molecule has 0 spiro atoms. The maximum atomic E-state index is 11.0. The van der Waals surface area contributed by atoms with Crippen molar-refractivity contribution in [1.29, 1.82) is 0 Å². The van der Waals surface area contributed by atoms with Gasteiger partial charge in [-0.05, 0) is 12.1 Å². The third kappa shape index (κ3) is 1.38. The average molecular weight is 173 g/mol. The van der Waals surface area contributed by atoms with Gasteiger partial charge in [0.25, 0.3) is 0 Å². The van der Waals surface area contributed by atoms with Gasteiger partial charge in [-0.2, -0.15) is 11.1 Å². The van der Waals surface area contributed by atoms with Gasteiger partial charge in [0.05, 0.1) is 0 Å². The number of ketones is 1. The van der Waals surface area contributed by atoms with Crippen LogP contribution in [0.5, 0.6) is 0 Å². The lowest BCUT2D eigenvalue weighted by Crippen LogP contribution is -2.12. The van der Waals surface area contributed by atoms with Crippen LogP contribution >= 0.6 is 11.1 Å². The first-order valence-electron chi connectivity index (χ1n) is 3.32. The molecule has 10 heavy (non-hydrogen) atoms. The van der Waals surface area contributed by atoms with Gasteiger partial charge in [-0.3, -0.25) is 4.79 Å². The van der Waals surface area contributed by atoms with E-state index in [0.29, 0.717) is 0 Å². The molecule has 0 fully saturated rings. The van der Waals surface area contributed by atoms with Gasteiger partial charge < -0.3 is 0 Å². The van der Waals surface area contributed by atoms with Crippen LogP contribution in [0.15, 0.2) is 23.4 Å². The lowest BCUT2D eigenvalue weighted by molar-refractivity contribution is -0.110. The monoisotopic (exact) mass is 172 g/mol. The normalized spacial score (nSPS) is 19.4. The van der Waals surface area contributed by atoms with Crippen LogP contribution in [0.25, 0.3) is 0 Å². The van der Waals surface area contributed by atoms with Gasteiger partial charge in [-0.15, -0.1) is 0 Å². The summed E-state index contributed by atoms with van der Waals surface area (Å²) in [6.07, 6.45) is 5.19. The molecule has 0 aromatic rings. The second-order valence-electron chi connectivity index (χ2n) is 2.22. The highest BCUT2D eigenvalue weighted by atomic mass is 35.6. The molecule has 54 valence electrons. The van der Waals surface area contributed by atoms with Crippen molar-refractivity contribution >= 4 is 25.0 Å². The highest BCUT2D eigenvalue weighted by molar-refractivity contribution is 7.13. The largest absolute Gasteiger partial charge is 0.290 e. The predicted molar refractivity (Wildman–Crippen MR) is 45.7 cm³/mol. The van der Waals surface area contributed by atoms with E-state index in [-0.39, 0.29) is 5.78 Å². The van der Waals surface area contributed by atoms with Crippen molar-refractivity contribution in [3.8, 4) is 0 Å². The summed E-state index contributed by atoms with van der Waals surface area (Å²) in [4.78, 5) is 11.0. The quantitative estimate of drug-likeness (QED) is 0.457. The van der Waals surface area contributed by atoms with Gasteiger partial charge in [0.1, 0.15) is 0 Å². The van der Waals surface area contributed by atoms with E-state index in [0.717, 1.165) is 11.2 Å². The van der Waals surface area contributed by atoms with Crippen LogP contribution in [-0.4, -0.2) is 13.9 Å². The van der Waals surface area contributed by atoms with Gasteiger partial charge in [0.15, 0.2) is 13.9 Å². The van der Waals surface area contributed by atoms with E-state index in [1.165, 1.54) is 0 Å². The molecule has 0 aliphatic heterocycles. The first-order chi connectivity index (χ1) is 4.75. The Morgan fingerprint density at radius 2 is 2.40 bits per heavy atom. The number of allylic oxidation sites excluding steroid dienone is 4. The average Bonchev–Trinajstić information content (AvgIpc) is 2.34. The summed E-state index contributed by atoms with van der Waals surface area (Å²) < 4.78 is 0. The first-order valence-corrected chi connectivity index (χ1v) is 6.46. The standard InChI is InChI=1S/C7H9ClOSi/c1-2-10(8)7-5-3-4-6(7)9/h3-5,10H,2H2,1H3. The SMILES string of the molecule is CC[SiH](Cl)C1=CC=CC1=O. The van der Waals surface area contributed by atoms with Crippen LogP contribution < -0.4 is 0 Å². The number of hydrogen-bond acceptors (Lipinski definition) is 1. The van der Waals surface area contributed by atoms with Gasteiger partial charge in [-0.1, -0.05) is 19.1 Å². The lowest BCUT2D eigenvalue weighted by atomic mass is 10.4. The van der Waals surface area contributed by atoms with E-state index >= 15 is 0 Å². The summed E-state index contributed by atoms with van der Waals surface area (Å²) in [6.45, 7) is 2.02. The Labute approximate surface area is 66.7 Å². The fourth-order valence-electron chi connectivity index (χ4n) is 0.896. The molecular formula is C7H9ClOSi. The van der Waals surface area contributed by atoms with E-state index in [2.05, 4.69) is 0 Å². The van der Waals surface area contributed by atoms with Crippen molar-refractivity contribution in [2.75, 3.05) is 0 Å². The Morgan fingerprint density at radius 1 is 1.70 bits per heavy atom. The number of rotatable bonds is 2. The molecule has 0 bridgehead atoms. The lowest BCUT2D eigenvalue weighted by Gasteiger charge is -2.01. The molecule has 1 unspecified atom stereocenters. The van der Waals surface area contributed by atoms with Gasteiger partial charge >= 0.3 is 0 Å². The fraction of sp³-hybridized carbons (Fsp3) is 0.286. The highest BCUT2D eigenvalue weighted by Gasteiger charge is 2.18. The molecule has 0 radical (unpaired) electrons. The summed E-state index contributed by atoms with van der Waals surface area (Å²) in [7, 11) is -1.37. The topological polar surface area (TPSA) is 17.1 Å². The van der Waals surface area contributed by atoms with E-state index < -0.39 is 8.11 Å². The molecule has 0 amide bonds. The van der Waals surface area contributed by atoms with Crippen LogP contribution in [0.1, 0.15) is 6.92 Å². The minimum Gasteiger partial charge on any atom is -0.290 e. The summed E-state index contributed by atoms with van der Waals surface area (Å²) in [6, 6.07) is 0.945. The first kappa shape index (κ1) is 7.76. The van der Waals surface area contributed by atoms with Gasteiger partial charge in [-0.25, -0.2) is 0 Å². The maximum Gasteiger partial charge on any atom is 0.178 e. The molecular weight excluding hydrogens is 164 g/mol. The predicted octanol–water partition coefficient (Wildman–Crippen LogP) is 1.57. The molecule has 0 heterocycles. The van der Waals surface area contributed by atoms with Crippen LogP contribution in [0.3, 0.4) is 0 Å². The zero-order chi connectivity index (χ0) is 7.56. The number of carbonyl (C=O) groups excluding carboxylic acids is 1. The van der Waals surface area contributed by atoms with Crippen LogP contribution in [0, 0.1) is 0 Å². The maximum absolute atomic E-state index is 11.0. The van der Waals surface area contributed by atoms with Crippen LogP contribution in [0.2, 0.25) is 6.04 Å². The third-order valence-electron chi connectivity index (χ3n) is 1.50. The van der Waals surface area contributed by atoms with Gasteiger partial charge in [0.2, 0.25) is 0 Å². The summed E-state index contributed by atoms with van der Waals surface area (Å²) in [5, 5.41) is 0.865. The van der Waals surface area contributed by atoms with E-state index in [1.807, 2.05) is 13.0 Å². The van der Waals surface area contributed by atoms with Crippen molar-refractivity contribution < 1.29 is 4.79 Å². The zero-order valence-corrected chi connectivity index (χ0v) is 7.71. The summed E-state index contributed by atoms with van der Waals surface area (Å²) >= 11 is 5.98. The Kier molecular flexibility index (Phi) is 2.46. The summed E-state index contributed by atoms with van der Waals surface area (Å²) in [5.41, 5.74) is 0. The number of carbonyl (C=O) groups is 1. The number of halogens is 1. The van der Waals surface area contributed by atoms with Crippen molar-refractivity contribution in [3.63, 3.8) is 0 Å². The molecule has 0 N–H and O–H groups in total. The van der Waals surface area contributed by atoms with E-state index in [4.69, 9.17) is 11.1 Å². The Morgan fingerprint density at radius 3 is 2.80 bits per heavy atom. The van der Waals surface area contributed by atoms with Crippen LogP contribution in [0.4, 0.5) is 0 Å². The minimum atomic E-state index is -1.37. The second kappa shape index (κ2) is 3.17. The Balaban J connectivity index is 2.67. The zero-order valence-electron chi connectivity index (χ0n) is 5.80. The Bertz CT molecular complexity index is 208. The molecule has 1 rings (SSSR count).